The summed E-state index contributed by atoms with van der Waals surface area (Å²) >= 11 is 0. The smallest absolute Gasteiger partial charge is 0.410 e. The van der Waals surface area contributed by atoms with Crippen LogP contribution in [0, 0.1) is 11.3 Å². The Labute approximate surface area is 102 Å². The van der Waals surface area contributed by atoms with E-state index in [0.717, 1.165) is 6.42 Å². The van der Waals surface area contributed by atoms with E-state index in [2.05, 4.69) is 0 Å². The minimum absolute atomic E-state index is 0.462. The van der Waals surface area contributed by atoms with Crippen molar-refractivity contribution < 1.29 is 14.6 Å². The van der Waals surface area contributed by atoms with Crippen molar-refractivity contribution in [2.75, 3.05) is 6.54 Å². The van der Waals surface area contributed by atoms with E-state index < -0.39 is 23.3 Å². The number of amides is 1. The molecule has 1 aliphatic heterocycles. The molecule has 0 aliphatic carbocycles. The van der Waals surface area contributed by atoms with E-state index in [1.807, 2.05) is 6.07 Å². The van der Waals surface area contributed by atoms with Crippen LogP contribution in [0.5, 0.6) is 0 Å². The van der Waals surface area contributed by atoms with Gasteiger partial charge in [0.05, 0.1) is 12.1 Å². The summed E-state index contributed by atoms with van der Waals surface area (Å²) in [6.45, 7) is 7.33. The number of carbonyl (C=O) groups is 1. The summed E-state index contributed by atoms with van der Waals surface area (Å²) in [6, 6.07) is 1.35. The lowest BCUT2D eigenvalue weighted by Gasteiger charge is -2.33. The van der Waals surface area contributed by atoms with E-state index >= 15 is 0 Å². The maximum atomic E-state index is 11.9. The van der Waals surface area contributed by atoms with E-state index in [0.29, 0.717) is 13.0 Å². The van der Waals surface area contributed by atoms with Crippen LogP contribution in [0.3, 0.4) is 0 Å². The lowest BCUT2D eigenvalue weighted by atomic mass is 9.96. The number of carbonyl (C=O) groups excluding carboxylic acids is 1. The van der Waals surface area contributed by atoms with Crippen molar-refractivity contribution in [2.45, 2.75) is 57.8 Å². The zero-order chi connectivity index (χ0) is 13.3. The molecule has 17 heavy (non-hydrogen) atoms. The van der Waals surface area contributed by atoms with Gasteiger partial charge in [-0.05, 0) is 40.5 Å². The van der Waals surface area contributed by atoms with E-state index in [9.17, 15) is 9.90 Å². The Morgan fingerprint density at radius 2 is 2.06 bits per heavy atom. The molecule has 2 unspecified atom stereocenters. The zero-order valence-electron chi connectivity index (χ0n) is 10.9. The number of hydrogen-bond donors (Lipinski definition) is 1. The van der Waals surface area contributed by atoms with E-state index in [4.69, 9.17) is 10.00 Å². The second-order valence-electron chi connectivity index (χ2n) is 5.59. The van der Waals surface area contributed by atoms with Gasteiger partial charge < -0.3 is 14.7 Å². The van der Waals surface area contributed by atoms with Crippen molar-refractivity contribution in [1.82, 2.24) is 4.90 Å². The lowest BCUT2D eigenvalue weighted by Crippen LogP contribution is -2.50. The average Bonchev–Trinajstić information content (AvgIpc) is 2.63. The zero-order valence-corrected chi connectivity index (χ0v) is 10.9. The summed E-state index contributed by atoms with van der Waals surface area (Å²) < 4.78 is 5.26. The number of rotatable bonds is 1. The number of ether oxygens (including phenoxy) is 1. The minimum atomic E-state index is -1.52. The third-order valence-corrected chi connectivity index (χ3v) is 2.76. The molecule has 1 N–H and O–H groups in total. The molecule has 1 heterocycles. The van der Waals surface area contributed by atoms with Gasteiger partial charge in [0, 0.05) is 6.54 Å². The van der Waals surface area contributed by atoms with E-state index in [-0.39, 0.29) is 0 Å². The highest BCUT2D eigenvalue weighted by atomic mass is 16.6. The van der Waals surface area contributed by atoms with Crippen LogP contribution in [-0.2, 0) is 4.74 Å². The van der Waals surface area contributed by atoms with Crippen molar-refractivity contribution in [2.24, 2.45) is 0 Å². The first-order chi connectivity index (χ1) is 7.67. The number of hydrogen-bond acceptors (Lipinski definition) is 4. The van der Waals surface area contributed by atoms with Crippen LogP contribution in [0.4, 0.5) is 4.79 Å². The summed E-state index contributed by atoms with van der Waals surface area (Å²) in [5.41, 5.74) is -2.09. The highest BCUT2D eigenvalue weighted by Crippen LogP contribution is 2.28. The number of nitrogens with zero attached hydrogens (tertiary/aromatic N) is 2. The molecule has 0 aromatic heterocycles. The molecule has 1 aliphatic rings. The van der Waals surface area contributed by atoms with Crippen LogP contribution in [0.2, 0.25) is 0 Å². The normalized spacial score (nSPS) is 24.0. The highest BCUT2D eigenvalue weighted by molar-refractivity contribution is 5.69. The molecule has 2 atom stereocenters. The van der Waals surface area contributed by atoms with Gasteiger partial charge in [-0.25, -0.2) is 4.79 Å². The number of likely N-dealkylation sites (tertiary alicyclic amines) is 1. The number of aliphatic hydroxyl groups is 1. The molecule has 0 bridgehead atoms. The number of nitriles is 1. The van der Waals surface area contributed by atoms with Crippen molar-refractivity contribution in [3.63, 3.8) is 0 Å². The summed E-state index contributed by atoms with van der Waals surface area (Å²) in [5, 5.41) is 18.8. The molecule has 1 saturated heterocycles. The van der Waals surface area contributed by atoms with Gasteiger partial charge in [0.2, 0.25) is 0 Å². The molecule has 1 amide bonds. The van der Waals surface area contributed by atoms with Crippen LogP contribution < -0.4 is 0 Å². The monoisotopic (exact) mass is 240 g/mol. The molecule has 0 saturated carbocycles. The first kappa shape index (κ1) is 13.8. The van der Waals surface area contributed by atoms with Gasteiger partial charge in [0.15, 0.2) is 5.60 Å². The molecule has 0 aromatic carbocycles. The molecule has 5 heteroatoms. The Bertz CT molecular complexity index is 339. The van der Waals surface area contributed by atoms with Gasteiger partial charge in [0.1, 0.15) is 5.60 Å². The van der Waals surface area contributed by atoms with Crippen LogP contribution in [-0.4, -0.2) is 39.9 Å². The standard InChI is InChI=1S/C12H20N2O3/c1-11(2,3)17-10(15)14-7-5-6-9(14)12(4,16)8-13/h9,16H,5-7H2,1-4H3. The molecule has 5 nitrogen and oxygen atoms in total. The molecule has 0 spiro atoms. The third-order valence-electron chi connectivity index (χ3n) is 2.76. The topological polar surface area (TPSA) is 73.6 Å². The van der Waals surface area contributed by atoms with E-state index in [1.165, 1.54) is 11.8 Å². The van der Waals surface area contributed by atoms with E-state index in [1.54, 1.807) is 20.8 Å². The Morgan fingerprint density at radius 3 is 2.53 bits per heavy atom. The maximum absolute atomic E-state index is 11.9. The molecule has 1 fully saturated rings. The Kier molecular flexibility index (Phi) is 3.68. The van der Waals surface area contributed by atoms with Gasteiger partial charge >= 0.3 is 6.09 Å². The first-order valence-corrected chi connectivity index (χ1v) is 5.80. The van der Waals surface area contributed by atoms with Gasteiger partial charge in [0.25, 0.3) is 0 Å². The van der Waals surface area contributed by atoms with Crippen LogP contribution >= 0.6 is 0 Å². The van der Waals surface area contributed by atoms with Gasteiger partial charge in [-0.2, -0.15) is 5.26 Å². The minimum Gasteiger partial charge on any atom is -0.444 e. The van der Waals surface area contributed by atoms with Crippen LogP contribution in [0.15, 0.2) is 0 Å². The summed E-state index contributed by atoms with van der Waals surface area (Å²) in [5.74, 6) is 0. The third kappa shape index (κ3) is 3.34. The molecule has 1 rings (SSSR count). The fourth-order valence-electron chi connectivity index (χ4n) is 1.96. The van der Waals surface area contributed by atoms with Gasteiger partial charge in [-0.1, -0.05) is 0 Å². The summed E-state index contributed by atoms with van der Waals surface area (Å²) in [6.07, 6.45) is 0.942. The Morgan fingerprint density at radius 1 is 1.47 bits per heavy atom. The second kappa shape index (κ2) is 4.53. The van der Waals surface area contributed by atoms with Gasteiger partial charge in [-0.15, -0.1) is 0 Å². The SMILES string of the molecule is CC(C)(C)OC(=O)N1CCCC1C(C)(O)C#N. The van der Waals surface area contributed by atoms with Crippen molar-refractivity contribution in [1.29, 1.82) is 5.26 Å². The van der Waals surface area contributed by atoms with Crippen molar-refractivity contribution in [3.05, 3.63) is 0 Å². The Balaban J connectivity index is 2.78. The van der Waals surface area contributed by atoms with Crippen molar-refractivity contribution >= 4 is 6.09 Å². The summed E-state index contributed by atoms with van der Waals surface area (Å²) in [4.78, 5) is 13.4. The largest absolute Gasteiger partial charge is 0.444 e. The second-order valence-corrected chi connectivity index (χ2v) is 5.59. The maximum Gasteiger partial charge on any atom is 0.410 e. The van der Waals surface area contributed by atoms with Crippen LogP contribution in [0.1, 0.15) is 40.5 Å². The average molecular weight is 240 g/mol. The van der Waals surface area contributed by atoms with Gasteiger partial charge in [-0.3, -0.25) is 0 Å². The molecular weight excluding hydrogens is 220 g/mol. The first-order valence-electron chi connectivity index (χ1n) is 5.80. The molecular formula is C12H20N2O3. The summed E-state index contributed by atoms with van der Waals surface area (Å²) in [7, 11) is 0. The lowest BCUT2D eigenvalue weighted by molar-refractivity contribution is -0.00882. The predicted octanol–water partition coefficient (Wildman–Crippen LogP) is 1.66. The fraction of sp³-hybridized carbons (Fsp3) is 0.833. The quantitative estimate of drug-likeness (QED) is 0.707. The molecule has 0 aromatic rings. The Hall–Kier alpha value is -1.28. The molecule has 0 radical (unpaired) electrons. The predicted molar refractivity (Wildman–Crippen MR) is 62.2 cm³/mol. The fourth-order valence-corrected chi connectivity index (χ4v) is 1.96. The highest BCUT2D eigenvalue weighted by Gasteiger charge is 2.43. The van der Waals surface area contributed by atoms with Crippen molar-refractivity contribution in [3.8, 4) is 6.07 Å². The van der Waals surface area contributed by atoms with Crippen LogP contribution in [0.25, 0.3) is 0 Å². The molecule has 96 valence electrons.